The van der Waals surface area contributed by atoms with Gasteiger partial charge in [0, 0.05) is 30.4 Å². The van der Waals surface area contributed by atoms with Crippen LogP contribution in [0.1, 0.15) is 37.7 Å². The first kappa shape index (κ1) is 20.8. The molecule has 0 spiro atoms. The molecule has 1 saturated heterocycles. The summed E-state index contributed by atoms with van der Waals surface area (Å²) in [6, 6.07) is 7.46. The number of halogens is 3. The number of fused-ring (bicyclic) bond motifs is 1. The number of rotatable bonds is 1. The van der Waals surface area contributed by atoms with E-state index in [1.165, 1.54) is 31.7 Å². The molecule has 0 amide bonds. The Labute approximate surface area is 169 Å². The first-order valence-corrected chi connectivity index (χ1v) is 10.1. The lowest BCUT2D eigenvalue weighted by Crippen LogP contribution is -2.42. The molecular formula is C21H26F3N3S. The van der Waals surface area contributed by atoms with E-state index in [4.69, 9.17) is 5.73 Å². The summed E-state index contributed by atoms with van der Waals surface area (Å²) in [4.78, 5) is 6.88. The van der Waals surface area contributed by atoms with Crippen molar-refractivity contribution in [2.75, 3.05) is 23.7 Å². The molecule has 1 saturated carbocycles. The Morgan fingerprint density at radius 2 is 1.82 bits per heavy atom. The van der Waals surface area contributed by atoms with Crippen molar-refractivity contribution in [2.24, 2.45) is 11.8 Å². The van der Waals surface area contributed by atoms with E-state index < -0.39 is 11.7 Å². The molecule has 2 heterocycles. The van der Waals surface area contributed by atoms with Crippen molar-refractivity contribution in [3.63, 3.8) is 0 Å². The smallest absolute Gasteiger partial charge is 0.397 e. The van der Waals surface area contributed by atoms with Gasteiger partial charge in [0.05, 0.1) is 16.9 Å². The molecule has 7 heteroatoms. The minimum atomic E-state index is -4.33. The molecule has 2 aromatic rings. The average molecular weight is 410 g/mol. The van der Waals surface area contributed by atoms with Crippen molar-refractivity contribution in [1.82, 2.24) is 4.98 Å². The molecule has 28 heavy (non-hydrogen) atoms. The second kappa shape index (κ2) is 9.07. The van der Waals surface area contributed by atoms with E-state index in [1.54, 1.807) is 12.4 Å². The van der Waals surface area contributed by atoms with Crippen molar-refractivity contribution in [1.29, 1.82) is 0 Å². The van der Waals surface area contributed by atoms with E-state index in [0.29, 0.717) is 5.92 Å². The zero-order valence-electron chi connectivity index (χ0n) is 15.7. The molecule has 2 aliphatic rings. The Kier molecular flexibility index (Phi) is 6.75. The minimum absolute atomic E-state index is 0.235. The van der Waals surface area contributed by atoms with Gasteiger partial charge in [-0.1, -0.05) is 19.3 Å². The zero-order valence-corrected chi connectivity index (χ0v) is 16.6. The third-order valence-corrected chi connectivity index (χ3v) is 5.90. The van der Waals surface area contributed by atoms with Crippen LogP contribution in [0.15, 0.2) is 47.6 Å². The first-order valence-electron chi connectivity index (χ1n) is 9.65. The van der Waals surface area contributed by atoms with E-state index in [0.717, 1.165) is 48.1 Å². The van der Waals surface area contributed by atoms with Crippen molar-refractivity contribution >= 4 is 24.0 Å². The Morgan fingerprint density at radius 3 is 2.39 bits per heavy atom. The summed E-state index contributed by atoms with van der Waals surface area (Å²) in [7, 11) is 0. The predicted octanol–water partition coefficient (Wildman–Crippen LogP) is 5.67. The van der Waals surface area contributed by atoms with E-state index in [9.17, 15) is 13.2 Å². The Bertz CT molecular complexity index is 767. The summed E-state index contributed by atoms with van der Waals surface area (Å²) in [6.45, 7) is 1.83. The molecule has 0 bridgehead atoms. The zero-order chi connectivity index (χ0) is 20.1. The van der Waals surface area contributed by atoms with Crippen LogP contribution >= 0.6 is 12.6 Å². The van der Waals surface area contributed by atoms with Gasteiger partial charge in [-0.3, -0.25) is 4.98 Å². The monoisotopic (exact) mass is 409 g/mol. The van der Waals surface area contributed by atoms with Crippen LogP contribution in [0, 0.1) is 11.8 Å². The summed E-state index contributed by atoms with van der Waals surface area (Å²) >= 11 is 4.02. The molecule has 4 rings (SSSR count). The number of benzene rings is 1. The van der Waals surface area contributed by atoms with E-state index >= 15 is 0 Å². The van der Waals surface area contributed by atoms with Crippen molar-refractivity contribution in [3.05, 3.63) is 48.3 Å². The Hall–Kier alpha value is -1.89. The van der Waals surface area contributed by atoms with E-state index in [2.05, 4.69) is 22.5 Å². The van der Waals surface area contributed by atoms with Gasteiger partial charge in [0.2, 0.25) is 0 Å². The minimum Gasteiger partial charge on any atom is -0.397 e. The van der Waals surface area contributed by atoms with Crippen molar-refractivity contribution in [2.45, 2.75) is 43.2 Å². The highest BCUT2D eigenvalue weighted by molar-refractivity contribution is 7.80. The van der Waals surface area contributed by atoms with Crippen LogP contribution in [-0.4, -0.2) is 18.1 Å². The third-order valence-electron chi connectivity index (χ3n) is 5.63. The first-order chi connectivity index (χ1) is 13.3. The number of pyridine rings is 1. The fourth-order valence-electron chi connectivity index (χ4n) is 4.19. The third kappa shape index (κ3) is 5.34. The molecule has 2 unspecified atom stereocenters. The van der Waals surface area contributed by atoms with Gasteiger partial charge in [-0.2, -0.15) is 13.2 Å². The van der Waals surface area contributed by atoms with Crippen LogP contribution in [0.25, 0.3) is 0 Å². The highest BCUT2D eigenvalue weighted by atomic mass is 32.1. The lowest BCUT2D eigenvalue weighted by Gasteiger charge is -2.42. The van der Waals surface area contributed by atoms with Gasteiger partial charge in [-0.05, 0) is 55.0 Å². The number of nitrogen functional groups attached to an aromatic ring is 1. The number of nitrogens with two attached hydrogens (primary N) is 1. The summed E-state index contributed by atoms with van der Waals surface area (Å²) in [5.74, 6) is 1.47. The molecule has 2 atom stereocenters. The van der Waals surface area contributed by atoms with Crippen LogP contribution in [0.5, 0.6) is 0 Å². The summed E-state index contributed by atoms with van der Waals surface area (Å²) in [6.07, 6.45) is 5.36. The van der Waals surface area contributed by atoms with Crippen LogP contribution in [-0.2, 0) is 6.18 Å². The quantitative estimate of drug-likeness (QED) is 0.471. The SMILES string of the molecule is Nc1cc(C(F)(F)F)ccc1N1CCC2CCCCC2C1.Sc1cccnc1. The molecule has 2 N–H and O–H groups in total. The van der Waals surface area contributed by atoms with E-state index in [-0.39, 0.29) is 5.69 Å². The van der Waals surface area contributed by atoms with Gasteiger partial charge in [-0.25, -0.2) is 0 Å². The van der Waals surface area contributed by atoms with Gasteiger partial charge in [0.25, 0.3) is 0 Å². The van der Waals surface area contributed by atoms with Crippen molar-refractivity contribution < 1.29 is 13.2 Å². The molecule has 0 radical (unpaired) electrons. The number of alkyl halides is 3. The molecule has 1 aromatic heterocycles. The maximum atomic E-state index is 12.7. The molecule has 152 valence electrons. The van der Waals surface area contributed by atoms with Gasteiger partial charge in [-0.15, -0.1) is 12.6 Å². The average Bonchev–Trinajstić information content (AvgIpc) is 2.68. The predicted molar refractivity (Wildman–Crippen MR) is 110 cm³/mol. The fraction of sp³-hybridized carbons (Fsp3) is 0.476. The molecular weight excluding hydrogens is 383 g/mol. The maximum absolute atomic E-state index is 12.7. The van der Waals surface area contributed by atoms with Gasteiger partial charge in [0.1, 0.15) is 0 Å². The number of nitrogens with zero attached hydrogens (tertiary/aromatic N) is 2. The highest BCUT2D eigenvalue weighted by Crippen LogP contribution is 2.40. The highest BCUT2D eigenvalue weighted by Gasteiger charge is 2.33. The molecule has 1 aliphatic heterocycles. The fourth-order valence-corrected chi connectivity index (χ4v) is 4.34. The van der Waals surface area contributed by atoms with Crippen LogP contribution < -0.4 is 10.6 Å². The number of piperidine rings is 1. The number of hydrogen-bond donors (Lipinski definition) is 2. The number of anilines is 2. The van der Waals surface area contributed by atoms with Gasteiger partial charge >= 0.3 is 6.18 Å². The Balaban J connectivity index is 0.000000271. The molecule has 1 aromatic carbocycles. The second-order valence-electron chi connectivity index (χ2n) is 7.52. The maximum Gasteiger partial charge on any atom is 0.416 e. The molecule has 1 aliphatic carbocycles. The van der Waals surface area contributed by atoms with Gasteiger partial charge < -0.3 is 10.6 Å². The standard InChI is InChI=1S/C16H21F3N2.C5H5NS/c17-16(18,19)13-5-6-15(14(20)9-13)21-8-7-11-3-1-2-4-12(11)10-21;7-5-2-1-3-6-4-5/h5-6,9,11-12H,1-4,7-8,10,20H2;1-4,7H. The molecule has 3 nitrogen and oxygen atoms in total. The summed E-state index contributed by atoms with van der Waals surface area (Å²) in [5, 5.41) is 0. The number of thiol groups is 1. The normalized spacial score (nSPS) is 22.1. The Morgan fingerprint density at radius 1 is 1.07 bits per heavy atom. The van der Waals surface area contributed by atoms with E-state index in [1.807, 2.05) is 12.1 Å². The lowest BCUT2D eigenvalue weighted by atomic mass is 9.75. The van der Waals surface area contributed by atoms with Crippen LogP contribution in [0.3, 0.4) is 0 Å². The lowest BCUT2D eigenvalue weighted by molar-refractivity contribution is -0.137. The summed E-state index contributed by atoms with van der Waals surface area (Å²) in [5.41, 5.74) is 6.20. The van der Waals surface area contributed by atoms with Crippen LogP contribution in [0.4, 0.5) is 24.5 Å². The number of hydrogen-bond acceptors (Lipinski definition) is 4. The topological polar surface area (TPSA) is 42.1 Å². The largest absolute Gasteiger partial charge is 0.416 e. The van der Waals surface area contributed by atoms with Crippen LogP contribution in [0.2, 0.25) is 0 Å². The van der Waals surface area contributed by atoms with Crippen molar-refractivity contribution in [3.8, 4) is 0 Å². The second-order valence-corrected chi connectivity index (χ2v) is 8.04. The number of aromatic nitrogens is 1. The summed E-state index contributed by atoms with van der Waals surface area (Å²) < 4.78 is 38.1. The van der Waals surface area contributed by atoms with Gasteiger partial charge in [0.15, 0.2) is 0 Å². The molecule has 2 fully saturated rings.